The second kappa shape index (κ2) is 8.71. The van der Waals surface area contributed by atoms with Crippen molar-refractivity contribution in [3.05, 3.63) is 47.6 Å². The molecule has 1 amide bonds. The number of benzene rings is 1. The average molecular weight is 409 g/mol. The van der Waals surface area contributed by atoms with Crippen molar-refractivity contribution >= 4 is 11.6 Å². The molecule has 1 fully saturated rings. The summed E-state index contributed by atoms with van der Waals surface area (Å²) in [6.45, 7) is 5.41. The van der Waals surface area contributed by atoms with E-state index in [1.807, 2.05) is 32.0 Å². The van der Waals surface area contributed by atoms with Crippen molar-refractivity contribution in [2.75, 3.05) is 18.5 Å². The van der Waals surface area contributed by atoms with Crippen LogP contribution in [0.4, 0.5) is 5.69 Å². The summed E-state index contributed by atoms with van der Waals surface area (Å²) < 4.78 is 13.1. The van der Waals surface area contributed by atoms with Gasteiger partial charge < -0.3 is 19.9 Å². The minimum Gasteiger partial charge on any atom is -0.491 e. The lowest BCUT2D eigenvalue weighted by Gasteiger charge is -2.24. The molecule has 0 spiro atoms. The largest absolute Gasteiger partial charge is 0.491 e. The first kappa shape index (κ1) is 20.2. The van der Waals surface area contributed by atoms with E-state index in [1.54, 1.807) is 24.0 Å². The minimum absolute atomic E-state index is 0.222. The molecule has 8 heteroatoms. The molecule has 4 rings (SSSR count). The maximum Gasteiger partial charge on any atom is 0.273 e. The Morgan fingerprint density at radius 2 is 2.20 bits per heavy atom. The number of carbonyl (C=O) groups is 1. The molecule has 3 heterocycles. The number of hydrogen-bond acceptors (Lipinski definition) is 6. The highest BCUT2D eigenvalue weighted by Gasteiger charge is 2.20. The predicted molar refractivity (Wildman–Crippen MR) is 114 cm³/mol. The smallest absolute Gasteiger partial charge is 0.273 e. The van der Waals surface area contributed by atoms with Crippen molar-refractivity contribution in [2.45, 2.75) is 39.2 Å². The Hall–Kier alpha value is -3.13. The summed E-state index contributed by atoms with van der Waals surface area (Å²) >= 11 is 0. The van der Waals surface area contributed by atoms with Crippen LogP contribution in [-0.2, 0) is 7.05 Å². The van der Waals surface area contributed by atoms with Crippen LogP contribution in [0.3, 0.4) is 0 Å². The molecule has 0 saturated carbocycles. The SMILES string of the molecule is Cc1noc(C)c1-c1cc(NC(=O)c2ccnn2C)ccc1OC[C@H]1CCCCN1. The first-order valence-corrected chi connectivity index (χ1v) is 10.3. The number of piperidine rings is 1. The molecule has 8 nitrogen and oxygen atoms in total. The van der Waals surface area contributed by atoms with Gasteiger partial charge in [0.25, 0.3) is 5.91 Å². The Labute approximate surface area is 175 Å². The van der Waals surface area contributed by atoms with Gasteiger partial charge in [0.1, 0.15) is 23.8 Å². The molecule has 0 bridgehead atoms. The number of nitrogens with zero attached hydrogens (tertiary/aromatic N) is 3. The van der Waals surface area contributed by atoms with E-state index in [-0.39, 0.29) is 5.91 Å². The molecule has 158 valence electrons. The summed E-state index contributed by atoms with van der Waals surface area (Å²) in [7, 11) is 1.74. The van der Waals surface area contributed by atoms with Crippen LogP contribution in [0.2, 0.25) is 0 Å². The normalized spacial score (nSPS) is 16.4. The minimum atomic E-state index is -0.222. The van der Waals surface area contributed by atoms with Crippen molar-refractivity contribution in [1.29, 1.82) is 0 Å². The van der Waals surface area contributed by atoms with Crippen molar-refractivity contribution < 1.29 is 14.1 Å². The molecule has 2 aromatic heterocycles. The molecular formula is C22H27N5O3. The first-order valence-electron chi connectivity index (χ1n) is 10.3. The van der Waals surface area contributed by atoms with Crippen LogP contribution in [0.25, 0.3) is 11.1 Å². The topological polar surface area (TPSA) is 94.2 Å². The van der Waals surface area contributed by atoms with Gasteiger partial charge >= 0.3 is 0 Å². The number of hydrogen-bond donors (Lipinski definition) is 2. The fourth-order valence-electron chi connectivity index (χ4n) is 3.84. The fourth-order valence-corrected chi connectivity index (χ4v) is 3.84. The third kappa shape index (κ3) is 4.23. The van der Waals surface area contributed by atoms with Crippen molar-refractivity contribution in [2.24, 2.45) is 7.05 Å². The summed E-state index contributed by atoms with van der Waals surface area (Å²) in [4.78, 5) is 12.6. The van der Waals surface area contributed by atoms with E-state index in [2.05, 4.69) is 20.9 Å². The lowest BCUT2D eigenvalue weighted by Crippen LogP contribution is -2.38. The van der Waals surface area contributed by atoms with Gasteiger partial charge in [-0.3, -0.25) is 9.48 Å². The van der Waals surface area contributed by atoms with Gasteiger partial charge in [0.15, 0.2) is 0 Å². The summed E-state index contributed by atoms with van der Waals surface area (Å²) in [6, 6.07) is 7.67. The van der Waals surface area contributed by atoms with Gasteiger partial charge in [-0.1, -0.05) is 11.6 Å². The summed E-state index contributed by atoms with van der Waals surface area (Å²) in [5.41, 5.74) is 3.67. The van der Waals surface area contributed by atoms with E-state index in [0.29, 0.717) is 29.8 Å². The average Bonchev–Trinajstić information content (AvgIpc) is 3.32. The van der Waals surface area contributed by atoms with E-state index < -0.39 is 0 Å². The quantitative estimate of drug-likeness (QED) is 0.647. The molecule has 1 aliphatic rings. The van der Waals surface area contributed by atoms with Crippen LogP contribution >= 0.6 is 0 Å². The molecular weight excluding hydrogens is 382 g/mol. The highest BCUT2D eigenvalue weighted by Crippen LogP contribution is 2.37. The van der Waals surface area contributed by atoms with Crippen LogP contribution in [0.5, 0.6) is 5.75 Å². The predicted octanol–water partition coefficient (Wildman–Crippen LogP) is 3.47. The third-order valence-electron chi connectivity index (χ3n) is 5.45. The van der Waals surface area contributed by atoms with E-state index in [4.69, 9.17) is 9.26 Å². The number of anilines is 1. The summed E-state index contributed by atoms with van der Waals surface area (Å²) in [5, 5.41) is 14.6. The van der Waals surface area contributed by atoms with Crippen LogP contribution in [0.1, 0.15) is 41.2 Å². The molecule has 0 radical (unpaired) electrons. The molecule has 1 aliphatic heterocycles. The fraction of sp³-hybridized carbons (Fsp3) is 0.409. The van der Waals surface area contributed by atoms with Crippen molar-refractivity contribution in [3.63, 3.8) is 0 Å². The zero-order valence-electron chi connectivity index (χ0n) is 17.6. The Morgan fingerprint density at radius 1 is 1.33 bits per heavy atom. The molecule has 0 unspecified atom stereocenters. The van der Waals surface area contributed by atoms with Gasteiger partial charge in [0, 0.05) is 30.5 Å². The van der Waals surface area contributed by atoms with Crippen molar-refractivity contribution in [1.82, 2.24) is 20.3 Å². The van der Waals surface area contributed by atoms with Crippen LogP contribution in [0.15, 0.2) is 35.0 Å². The monoisotopic (exact) mass is 409 g/mol. The second-order valence-electron chi connectivity index (χ2n) is 7.66. The molecule has 3 aromatic rings. The van der Waals surface area contributed by atoms with Gasteiger partial charge in [0.2, 0.25) is 0 Å². The summed E-state index contributed by atoms with van der Waals surface area (Å²) in [5.74, 6) is 1.23. The third-order valence-corrected chi connectivity index (χ3v) is 5.45. The number of rotatable bonds is 6. The zero-order chi connectivity index (χ0) is 21.1. The molecule has 30 heavy (non-hydrogen) atoms. The second-order valence-corrected chi connectivity index (χ2v) is 7.66. The number of amides is 1. The number of ether oxygens (including phenoxy) is 1. The van der Waals surface area contributed by atoms with Gasteiger partial charge in [-0.2, -0.15) is 5.10 Å². The molecule has 1 saturated heterocycles. The standard InChI is InChI=1S/C22H27N5O3/c1-14-21(15(2)30-26-14)18-12-16(25-22(28)19-9-11-24-27(19)3)7-8-20(18)29-13-17-6-4-5-10-23-17/h7-9,11-12,17,23H,4-6,10,13H2,1-3H3,(H,25,28)/t17-/m1/s1. The number of nitrogens with one attached hydrogen (secondary N) is 2. The highest BCUT2D eigenvalue weighted by molar-refractivity contribution is 6.03. The highest BCUT2D eigenvalue weighted by atomic mass is 16.5. The van der Waals surface area contributed by atoms with Gasteiger partial charge in [0.05, 0.1) is 11.3 Å². The zero-order valence-corrected chi connectivity index (χ0v) is 17.6. The van der Waals surface area contributed by atoms with E-state index in [1.165, 1.54) is 12.8 Å². The Kier molecular flexibility index (Phi) is 5.85. The van der Waals surface area contributed by atoms with E-state index >= 15 is 0 Å². The van der Waals surface area contributed by atoms with Crippen molar-refractivity contribution in [3.8, 4) is 16.9 Å². The number of carbonyl (C=O) groups excluding carboxylic acids is 1. The maximum absolute atomic E-state index is 12.6. The lowest BCUT2D eigenvalue weighted by molar-refractivity contribution is 0.101. The maximum atomic E-state index is 12.6. The molecule has 2 N–H and O–H groups in total. The summed E-state index contributed by atoms with van der Waals surface area (Å²) in [6.07, 6.45) is 5.14. The van der Waals surface area contributed by atoms with Crippen LogP contribution in [-0.4, -0.2) is 40.0 Å². The van der Waals surface area contributed by atoms with Gasteiger partial charge in [-0.05, 0) is 57.5 Å². The first-order chi connectivity index (χ1) is 14.5. The lowest BCUT2D eigenvalue weighted by atomic mass is 10.0. The van der Waals surface area contributed by atoms with Gasteiger partial charge in [-0.25, -0.2) is 0 Å². The van der Waals surface area contributed by atoms with E-state index in [9.17, 15) is 4.79 Å². The number of aromatic nitrogens is 3. The number of aryl methyl sites for hydroxylation is 3. The molecule has 1 aromatic carbocycles. The van der Waals surface area contributed by atoms with Gasteiger partial charge in [-0.15, -0.1) is 0 Å². The Bertz CT molecular complexity index is 1010. The van der Waals surface area contributed by atoms with Crippen LogP contribution in [0, 0.1) is 13.8 Å². The molecule has 0 aliphatic carbocycles. The van der Waals surface area contributed by atoms with Crippen LogP contribution < -0.4 is 15.4 Å². The Balaban J connectivity index is 1.61. The molecule has 1 atom stereocenters. The van der Waals surface area contributed by atoms with E-state index in [0.717, 1.165) is 35.5 Å². The Morgan fingerprint density at radius 3 is 2.87 bits per heavy atom.